The average Bonchev–Trinajstić information content (AvgIpc) is 2.34. The van der Waals surface area contributed by atoms with Crippen LogP contribution in [0.25, 0.3) is 0 Å². The van der Waals surface area contributed by atoms with Crippen LogP contribution in [0.5, 0.6) is 0 Å². The molecule has 0 unspecified atom stereocenters. The summed E-state index contributed by atoms with van der Waals surface area (Å²) in [5.74, 6) is -0.324. The van der Waals surface area contributed by atoms with E-state index in [1.807, 2.05) is 19.1 Å². The summed E-state index contributed by atoms with van der Waals surface area (Å²) < 4.78 is 0.539. The molecule has 0 radical (unpaired) electrons. The molecule has 18 heavy (non-hydrogen) atoms. The number of rotatable bonds is 5. The molecule has 0 heterocycles. The van der Waals surface area contributed by atoms with Crippen LogP contribution in [0.4, 0.5) is 5.69 Å². The third kappa shape index (κ3) is 3.96. The zero-order valence-electron chi connectivity index (χ0n) is 9.85. The molecule has 0 fully saturated rings. The lowest BCUT2D eigenvalue weighted by Gasteiger charge is -2.05. The van der Waals surface area contributed by atoms with Gasteiger partial charge in [-0.05, 0) is 35.3 Å². The standard InChI is InChI=1S/C12H13BrN2O3/c1-2-3-4-7-14-12(16)10-8-9(15(17)18)5-6-11(10)13/h2-3,5-6,8H,4,7H2,1H3,(H,14,16)/b3-2+. The Morgan fingerprint density at radius 3 is 2.89 bits per heavy atom. The molecule has 0 spiro atoms. The van der Waals surface area contributed by atoms with Crippen LogP contribution in [0.1, 0.15) is 23.7 Å². The first kappa shape index (κ1) is 14.4. The van der Waals surface area contributed by atoms with E-state index in [1.54, 1.807) is 0 Å². The maximum absolute atomic E-state index is 11.8. The number of hydrogen-bond acceptors (Lipinski definition) is 3. The summed E-state index contributed by atoms with van der Waals surface area (Å²) in [7, 11) is 0. The fourth-order valence-electron chi connectivity index (χ4n) is 1.33. The van der Waals surface area contributed by atoms with E-state index in [0.717, 1.165) is 6.42 Å². The third-order valence-corrected chi connectivity index (χ3v) is 2.93. The van der Waals surface area contributed by atoms with Gasteiger partial charge < -0.3 is 5.32 Å². The molecule has 0 bridgehead atoms. The molecular weight excluding hydrogens is 300 g/mol. The highest BCUT2D eigenvalue weighted by Gasteiger charge is 2.14. The van der Waals surface area contributed by atoms with Crippen molar-refractivity contribution in [3.05, 3.63) is 50.5 Å². The normalized spacial score (nSPS) is 10.6. The molecule has 0 aliphatic heterocycles. The molecule has 5 nitrogen and oxygen atoms in total. The number of allylic oxidation sites excluding steroid dienone is 1. The summed E-state index contributed by atoms with van der Waals surface area (Å²) in [6.07, 6.45) is 4.56. The Kier molecular flexibility index (Phi) is 5.51. The second kappa shape index (κ2) is 6.90. The van der Waals surface area contributed by atoms with E-state index in [4.69, 9.17) is 0 Å². The van der Waals surface area contributed by atoms with Gasteiger partial charge in [-0.25, -0.2) is 0 Å². The molecule has 0 aromatic heterocycles. The van der Waals surface area contributed by atoms with E-state index < -0.39 is 4.92 Å². The van der Waals surface area contributed by atoms with Crippen molar-refractivity contribution < 1.29 is 9.72 Å². The molecule has 1 N–H and O–H groups in total. The predicted octanol–water partition coefficient (Wildman–Crippen LogP) is 3.05. The monoisotopic (exact) mass is 312 g/mol. The lowest BCUT2D eigenvalue weighted by atomic mass is 10.2. The first-order chi connectivity index (χ1) is 8.56. The molecule has 0 saturated heterocycles. The average molecular weight is 313 g/mol. The Labute approximate surface area is 113 Å². The predicted molar refractivity (Wildman–Crippen MR) is 72.6 cm³/mol. The minimum absolute atomic E-state index is 0.100. The van der Waals surface area contributed by atoms with Crippen LogP contribution >= 0.6 is 15.9 Å². The molecule has 1 amide bonds. The van der Waals surface area contributed by atoms with Crippen LogP contribution in [0, 0.1) is 10.1 Å². The number of nitro benzene ring substituents is 1. The fraction of sp³-hybridized carbons (Fsp3) is 0.250. The fourth-order valence-corrected chi connectivity index (χ4v) is 1.76. The quantitative estimate of drug-likeness (QED) is 0.393. The van der Waals surface area contributed by atoms with Crippen molar-refractivity contribution in [3.63, 3.8) is 0 Å². The molecule has 0 aliphatic carbocycles. The first-order valence-electron chi connectivity index (χ1n) is 5.39. The Morgan fingerprint density at radius 2 is 2.28 bits per heavy atom. The third-order valence-electron chi connectivity index (χ3n) is 2.24. The number of nitro groups is 1. The topological polar surface area (TPSA) is 72.2 Å². The van der Waals surface area contributed by atoms with Crippen molar-refractivity contribution in [2.24, 2.45) is 0 Å². The molecule has 96 valence electrons. The first-order valence-corrected chi connectivity index (χ1v) is 6.19. The Morgan fingerprint density at radius 1 is 1.56 bits per heavy atom. The van der Waals surface area contributed by atoms with Gasteiger partial charge in [-0.3, -0.25) is 14.9 Å². The number of nitrogens with one attached hydrogen (secondary N) is 1. The maximum atomic E-state index is 11.8. The van der Waals surface area contributed by atoms with Crippen LogP contribution in [0.3, 0.4) is 0 Å². The molecule has 0 aliphatic rings. The Balaban J connectivity index is 2.78. The summed E-state index contributed by atoms with van der Waals surface area (Å²) in [4.78, 5) is 21.9. The van der Waals surface area contributed by atoms with Crippen molar-refractivity contribution >= 4 is 27.5 Å². The van der Waals surface area contributed by atoms with Crippen molar-refractivity contribution in [2.45, 2.75) is 13.3 Å². The number of benzene rings is 1. The van der Waals surface area contributed by atoms with Crippen LogP contribution in [-0.2, 0) is 0 Å². The molecule has 0 atom stereocenters. The highest BCUT2D eigenvalue weighted by Crippen LogP contribution is 2.22. The van der Waals surface area contributed by atoms with Crippen molar-refractivity contribution in [2.75, 3.05) is 6.54 Å². The van der Waals surface area contributed by atoms with Gasteiger partial charge in [0, 0.05) is 23.2 Å². The van der Waals surface area contributed by atoms with Gasteiger partial charge in [0.1, 0.15) is 0 Å². The van der Waals surface area contributed by atoms with Gasteiger partial charge in [0.15, 0.2) is 0 Å². The number of amides is 1. The van der Waals surface area contributed by atoms with Crippen LogP contribution < -0.4 is 5.32 Å². The number of halogens is 1. The lowest BCUT2D eigenvalue weighted by Crippen LogP contribution is -2.24. The summed E-state index contributed by atoms with van der Waals surface area (Å²) in [5, 5.41) is 13.3. The highest BCUT2D eigenvalue weighted by atomic mass is 79.9. The molecule has 1 aromatic rings. The molecule has 1 rings (SSSR count). The van der Waals surface area contributed by atoms with Crippen molar-refractivity contribution in [1.29, 1.82) is 0 Å². The Bertz CT molecular complexity index is 486. The highest BCUT2D eigenvalue weighted by molar-refractivity contribution is 9.10. The molecular formula is C12H13BrN2O3. The van der Waals surface area contributed by atoms with E-state index in [9.17, 15) is 14.9 Å². The van der Waals surface area contributed by atoms with Crippen LogP contribution in [-0.4, -0.2) is 17.4 Å². The number of carbonyl (C=O) groups excluding carboxylic acids is 1. The van der Waals surface area contributed by atoms with Gasteiger partial charge in [-0.2, -0.15) is 0 Å². The summed E-state index contributed by atoms with van der Waals surface area (Å²) >= 11 is 3.21. The van der Waals surface area contributed by atoms with Gasteiger partial charge in [0.2, 0.25) is 0 Å². The SMILES string of the molecule is C/C=C/CCNC(=O)c1cc([N+](=O)[O-])ccc1Br. The van der Waals surface area contributed by atoms with Crippen LogP contribution in [0.2, 0.25) is 0 Å². The van der Waals surface area contributed by atoms with Gasteiger partial charge in [-0.15, -0.1) is 0 Å². The van der Waals surface area contributed by atoms with E-state index in [0.29, 0.717) is 11.0 Å². The minimum Gasteiger partial charge on any atom is -0.352 e. The molecule has 0 saturated carbocycles. The summed E-state index contributed by atoms with van der Waals surface area (Å²) in [6, 6.07) is 4.11. The van der Waals surface area contributed by atoms with Crippen molar-refractivity contribution in [3.8, 4) is 0 Å². The Hall–Kier alpha value is -1.69. The largest absolute Gasteiger partial charge is 0.352 e. The zero-order chi connectivity index (χ0) is 13.5. The molecule has 6 heteroatoms. The van der Waals surface area contributed by atoms with Gasteiger partial charge in [0.05, 0.1) is 10.5 Å². The number of carbonyl (C=O) groups is 1. The van der Waals surface area contributed by atoms with Gasteiger partial charge in [-0.1, -0.05) is 12.2 Å². The number of nitrogens with zero attached hydrogens (tertiary/aromatic N) is 1. The zero-order valence-corrected chi connectivity index (χ0v) is 11.4. The van der Waals surface area contributed by atoms with E-state index in [-0.39, 0.29) is 17.2 Å². The van der Waals surface area contributed by atoms with E-state index in [2.05, 4.69) is 21.2 Å². The number of non-ortho nitro benzene ring substituents is 1. The van der Waals surface area contributed by atoms with Crippen molar-refractivity contribution in [1.82, 2.24) is 5.32 Å². The summed E-state index contributed by atoms with van der Waals surface area (Å²) in [6.45, 7) is 2.40. The lowest BCUT2D eigenvalue weighted by molar-refractivity contribution is -0.384. The smallest absolute Gasteiger partial charge is 0.270 e. The minimum atomic E-state index is -0.525. The van der Waals surface area contributed by atoms with Gasteiger partial charge >= 0.3 is 0 Å². The second-order valence-electron chi connectivity index (χ2n) is 3.53. The maximum Gasteiger partial charge on any atom is 0.270 e. The number of hydrogen-bond donors (Lipinski definition) is 1. The van der Waals surface area contributed by atoms with Crippen LogP contribution in [0.15, 0.2) is 34.8 Å². The second-order valence-corrected chi connectivity index (χ2v) is 4.39. The summed E-state index contributed by atoms with van der Waals surface area (Å²) in [5.41, 5.74) is 0.168. The van der Waals surface area contributed by atoms with E-state index >= 15 is 0 Å². The van der Waals surface area contributed by atoms with E-state index in [1.165, 1.54) is 18.2 Å². The molecule has 1 aromatic carbocycles. The van der Waals surface area contributed by atoms with Gasteiger partial charge in [0.25, 0.3) is 11.6 Å².